The number of carbonyl (C=O) groups excluding carboxylic acids is 1. The zero-order valence-electron chi connectivity index (χ0n) is 10.7. The van der Waals surface area contributed by atoms with Gasteiger partial charge in [-0.05, 0) is 30.9 Å². The molecule has 0 atom stereocenters. The van der Waals surface area contributed by atoms with E-state index in [0.717, 1.165) is 19.5 Å². The first-order chi connectivity index (χ1) is 7.91. The molecule has 17 heavy (non-hydrogen) atoms. The lowest BCUT2D eigenvalue weighted by atomic mass is 9.93. The molecule has 1 fully saturated rings. The second kappa shape index (κ2) is 4.06. The van der Waals surface area contributed by atoms with Crippen molar-refractivity contribution < 1.29 is 9.90 Å². The van der Waals surface area contributed by atoms with E-state index in [1.165, 1.54) is 0 Å². The van der Waals surface area contributed by atoms with Crippen molar-refractivity contribution in [3.63, 3.8) is 0 Å². The Labute approximate surface area is 102 Å². The highest BCUT2D eigenvalue weighted by Crippen LogP contribution is 2.31. The molecular formula is C14H19NO2. The molecule has 1 N–H and O–H groups in total. The van der Waals surface area contributed by atoms with E-state index in [0.29, 0.717) is 11.1 Å². The summed E-state index contributed by atoms with van der Waals surface area (Å²) < 4.78 is 0. The molecule has 3 heteroatoms. The van der Waals surface area contributed by atoms with Crippen LogP contribution in [-0.4, -0.2) is 29.0 Å². The fourth-order valence-electron chi connectivity index (χ4n) is 2.31. The third-order valence-corrected chi connectivity index (χ3v) is 3.50. The van der Waals surface area contributed by atoms with Crippen molar-refractivity contribution in [2.75, 3.05) is 13.1 Å². The minimum atomic E-state index is 0.0315. The summed E-state index contributed by atoms with van der Waals surface area (Å²) in [7, 11) is 0. The monoisotopic (exact) mass is 233 g/mol. The van der Waals surface area contributed by atoms with Crippen molar-refractivity contribution >= 4 is 5.91 Å². The number of hydrogen-bond donors (Lipinski definition) is 1. The van der Waals surface area contributed by atoms with E-state index in [2.05, 4.69) is 13.8 Å². The van der Waals surface area contributed by atoms with Crippen molar-refractivity contribution in [3.8, 4) is 5.75 Å². The predicted octanol–water partition coefficient (Wildman–Crippen LogP) is 2.57. The van der Waals surface area contributed by atoms with Gasteiger partial charge in [0.05, 0.1) is 0 Å². The minimum absolute atomic E-state index is 0.0315. The summed E-state index contributed by atoms with van der Waals surface area (Å²) in [5.74, 6) is 0.221. The number of likely N-dealkylation sites (tertiary alicyclic amines) is 1. The number of nitrogens with zero attached hydrogens (tertiary/aromatic N) is 1. The van der Waals surface area contributed by atoms with Gasteiger partial charge in [-0.2, -0.15) is 0 Å². The van der Waals surface area contributed by atoms with Crippen molar-refractivity contribution in [2.45, 2.75) is 27.2 Å². The lowest BCUT2D eigenvalue weighted by Gasteiger charge is -2.20. The van der Waals surface area contributed by atoms with Gasteiger partial charge >= 0.3 is 0 Å². The van der Waals surface area contributed by atoms with E-state index in [9.17, 15) is 9.90 Å². The second-order valence-electron chi connectivity index (χ2n) is 5.59. The molecule has 0 aliphatic carbocycles. The van der Waals surface area contributed by atoms with Crippen LogP contribution in [0.1, 0.15) is 36.2 Å². The van der Waals surface area contributed by atoms with E-state index in [1.807, 2.05) is 4.90 Å². The predicted molar refractivity (Wildman–Crippen MR) is 67.1 cm³/mol. The van der Waals surface area contributed by atoms with Crippen LogP contribution in [0.5, 0.6) is 5.75 Å². The third kappa shape index (κ3) is 2.28. The molecule has 2 rings (SSSR count). The number of rotatable bonds is 1. The van der Waals surface area contributed by atoms with Crippen LogP contribution in [0.2, 0.25) is 0 Å². The second-order valence-corrected chi connectivity index (χ2v) is 5.59. The standard InChI is InChI=1S/C14H19NO2/c1-10-11(5-4-6-12(10)16)13(17)15-8-7-14(2,3)9-15/h4-6,16H,7-9H2,1-3H3. The van der Waals surface area contributed by atoms with Crippen LogP contribution in [0, 0.1) is 12.3 Å². The van der Waals surface area contributed by atoms with Gasteiger partial charge in [0.15, 0.2) is 0 Å². The molecule has 0 radical (unpaired) electrons. The maximum absolute atomic E-state index is 12.3. The molecule has 1 heterocycles. The van der Waals surface area contributed by atoms with Crippen LogP contribution in [-0.2, 0) is 0 Å². The summed E-state index contributed by atoms with van der Waals surface area (Å²) in [6, 6.07) is 5.11. The lowest BCUT2D eigenvalue weighted by Crippen LogP contribution is -2.30. The highest BCUT2D eigenvalue weighted by Gasteiger charge is 2.32. The summed E-state index contributed by atoms with van der Waals surface area (Å²) >= 11 is 0. The van der Waals surface area contributed by atoms with Gasteiger partial charge in [-0.1, -0.05) is 19.9 Å². The van der Waals surface area contributed by atoms with Crippen LogP contribution >= 0.6 is 0 Å². The van der Waals surface area contributed by atoms with Gasteiger partial charge in [-0.3, -0.25) is 4.79 Å². The third-order valence-electron chi connectivity index (χ3n) is 3.50. The van der Waals surface area contributed by atoms with Crippen molar-refractivity contribution in [1.82, 2.24) is 4.90 Å². The number of aromatic hydroxyl groups is 1. The first kappa shape index (κ1) is 12.0. The first-order valence-electron chi connectivity index (χ1n) is 5.98. The van der Waals surface area contributed by atoms with E-state index < -0.39 is 0 Å². The Bertz CT molecular complexity index is 452. The fraction of sp³-hybridized carbons (Fsp3) is 0.500. The smallest absolute Gasteiger partial charge is 0.254 e. The van der Waals surface area contributed by atoms with E-state index in [1.54, 1.807) is 25.1 Å². The summed E-state index contributed by atoms with van der Waals surface area (Å²) in [5.41, 5.74) is 1.49. The van der Waals surface area contributed by atoms with Crippen molar-refractivity contribution in [3.05, 3.63) is 29.3 Å². The molecule has 1 saturated heterocycles. The molecular weight excluding hydrogens is 214 g/mol. The SMILES string of the molecule is Cc1c(O)cccc1C(=O)N1CCC(C)(C)C1. The Kier molecular flexibility index (Phi) is 2.86. The van der Waals surface area contributed by atoms with E-state index in [-0.39, 0.29) is 17.1 Å². The molecule has 1 aromatic carbocycles. The highest BCUT2D eigenvalue weighted by atomic mass is 16.3. The lowest BCUT2D eigenvalue weighted by molar-refractivity contribution is 0.0777. The molecule has 1 aliphatic heterocycles. The minimum Gasteiger partial charge on any atom is -0.508 e. The first-order valence-corrected chi connectivity index (χ1v) is 5.98. The number of phenols is 1. The molecule has 3 nitrogen and oxygen atoms in total. The van der Waals surface area contributed by atoms with E-state index in [4.69, 9.17) is 0 Å². The Morgan fingerprint density at radius 2 is 2.12 bits per heavy atom. The molecule has 0 aromatic heterocycles. The maximum Gasteiger partial charge on any atom is 0.254 e. The molecule has 0 unspecified atom stereocenters. The molecule has 1 aliphatic rings. The highest BCUT2D eigenvalue weighted by molar-refractivity contribution is 5.96. The fourth-order valence-corrected chi connectivity index (χ4v) is 2.31. The molecule has 1 amide bonds. The van der Waals surface area contributed by atoms with Crippen LogP contribution < -0.4 is 0 Å². The zero-order valence-corrected chi connectivity index (χ0v) is 10.7. The quantitative estimate of drug-likeness (QED) is 0.810. The number of phenolic OH excluding ortho intramolecular Hbond substituents is 1. The van der Waals surface area contributed by atoms with Gasteiger partial charge < -0.3 is 10.0 Å². The normalized spacial score (nSPS) is 18.4. The number of carbonyl (C=O) groups is 1. The molecule has 0 saturated carbocycles. The molecule has 1 aromatic rings. The Morgan fingerprint density at radius 3 is 2.71 bits per heavy atom. The molecule has 0 spiro atoms. The summed E-state index contributed by atoms with van der Waals surface area (Å²) in [6.07, 6.45) is 1.04. The van der Waals surface area contributed by atoms with Crippen LogP contribution in [0.3, 0.4) is 0 Å². The van der Waals surface area contributed by atoms with Gasteiger partial charge in [0.1, 0.15) is 5.75 Å². The maximum atomic E-state index is 12.3. The molecule has 0 bridgehead atoms. The van der Waals surface area contributed by atoms with Gasteiger partial charge in [0, 0.05) is 24.2 Å². The average Bonchev–Trinajstić information content (AvgIpc) is 2.62. The van der Waals surface area contributed by atoms with Crippen LogP contribution in [0.15, 0.2) is 18.2 Å². The van der Waals surface area contributed by atoms with Crippen molar-refractivity contribution in [1.29, 1.82) is 0 Å². The topological polar surface area (TPSA) is 40.5 Å². The van der Waals surface area contributed by atoms with Gasteiger partial charge in [-0.15, -0.1) is 0 Å². The van der Waals surface area contributed by atoms with Crippen LogP contribution in [0.25, 0.3) is 0 Å². The van der Waals surface area contributed by atoms with E-state index >= 15 is 0 Å². The van der Waals surface area contributed by atoms with Crippen molar-refractivity contribution in [2.24, 2.45) is 5.41 Å². The number of amides is 1. The van der Waals surface area contributed by atoms with Gasteiger partial charge in [0.2, 0.25) is 0 Å². The Balaban J connectivity index is 2.24. The zero-order chi connectivity index (χ0) is 12.6. The summed E-state index contributed by atoms with van der Waals surface area (Å²) in [5, 5.41) is 9.62. The number of benzene rings is 1. The van der Waals surface area contributed by atoms with Gasteiger partial charge in [0.25, 0.3) is 5.91 Å². The van der Waals surface area contributed by atoms with Gasteiger partial charge in [-0.25, -0.2) is 0 Å². The largest absolute Gasteiger partial charge is 0.508 e. The average molecular weight is 233 g/mol. The number of hydrogen-bond acceptors (Lipinski definition) is 2. The Hall–Kier alpha value is -1.51. The summed E-state index contributed by atoms with van der Waals surface area (Å²) in [4.78, 5) is 14.2. The Morgan fingerprint density at radius 1 is 1.41 bits per heavy atom. The van der Waals surface area contributed by atoms with Crippen LogP contribution in [0.4, 0.5) is 0 Å². The summed E-state index contributed by atoms with van der Waals surface area (Å²) in [6.45, 7) is 7.73. The molecule has 92 valence electrons.